The third-order valence-corrected chi connectivity index (χ3v) is 4.39. The number of hydrogen-bond acceptors (Lipinski definition) is 3. The molecule has 2 aliphatic rings. The molecular formula is C14H23N3O4. The molecule has 0 aromatic carbocycles. The van der Waals surface area contributed by atoms with E-state index in [2.05, 4.69) is 0 Å². The number of amides is 3. The van der Waals surface area contributed by atoms with Gasteiger partial charge in [0.1, 0.15) is 6.04 Å². The second-order valence-corrected chi connectivity index (χ2v) is 5.81. The van der Waals surface area contributed by atoms with Crippen molar-refractivity contribution in [2.24, 2.45) is 5.73 Å². The van der Waals surface area contributed by atoms with Gasteiger partial charge in [0.05, 0.1) is 0 Å². The summed E-state index contributed by atoms with van der Waals surface area (Å²) in [5.74, 6) is -1.30. The maximum absolute atomic E-state index is 12.7. The van der Waals surface area contributed by atoms with E-state index >= 15 is 0 Å². The predicted octanol–water partition coefficient (Wildman–Crippen LogP) is 0.775. The molecule has 3 N–H and O–H groups in total. The van der Waals surface area contributed by atoms with Gasteiger partial charge in [-0.2, -0.15) is 0 Å². The van der Waals surface area contributed by atoms with Crippen LogP contribution in [0.2, 0.25) is 0 Å². The van der Waals surface area contributed by atoms with Crippen LogP contribution in [-0.4, -0.2) is 58.0 Å². The maximum Gasteiger partial charge on any atom is 0.320 e. The molecule has 3 amide bonds. The molecule has 7 heteroatoms. The van der Waals surface area contributed by atoms with Gasteiger partial charge in [-0.1, -0.05) is 0 Å². The summed E-state index contributed by atoms with van der Waals surface area (Å²) in [6, 6.07) is -0.720. The van der Waals surface area contributed by atoms with Crippen LogP contribution < -0.4 is 5.73 Å². The third kappa shape index (κ3) is 3.65. The van der Waals surface area contributed by atoms with E-state index in [-0.39, 0.29) is 18.5 Å². The molecule has 0 bridgehead atoms. The standard InChI is InChI=1S/C14H23N3O4/c15-13(20)11-5-3-9-17(11)14(21)16-8-2-1-4-10(16)6-7-12(18)19/h10-11H,1-9H2,(H2,15,20)(H,18,19). The molecular weight excluding hydrogens is 274 g/mol. The molecule has 2 heterocycles. The van der Waals surface area contributed by atoms with Gasteiger partial charge in [0.25, 0.3) is 0 Å². The fourth-order valence-corrected chi connectivity index (χ4v) is 3.30. The highest BCUT2D eigenvalue weighted by molar-refractivity contribution is 5.86. The predicted molar refractivity (Wildman–Crippen MR) is 75.5 cm³/mol. The first kappa shape index (κ1) is 15.6. The highest BCUT2D eigenvalue weighted by Crippen LogP contribution is 2.25. The Morgan fingerprint density at radius 3 is 2.43 bits per heavy atom. The molecule has 7 nitrogen and oxygen atoms in total. The van der Waals surface area contributed by atoms with Crippen LogP contribution in [0.3, 0.4) is 0 Å². The number of urea groups is 1. The van der Waals surface area contributed by atoms with Gasteiger partial charge in [0, 0.05) is 25.6 Å². The van der Waals surface area contributed by atoms with Gasteiger partial charge >= 0.3 is 12.0 Å². The summed E-state index contributed by atoms with van der Waals surface area (Å²) in [6.45, 7) is 1.18. The van der Waals surface area contributed by atoms with Crippen molar-refractivity contribution in [2.75, 3.05) is 13.1 Å². The highest BCUT2D eigenvalue weighted by Gasteiger charge is 2.37. The van der Waals surface area contributed by atoms with Crippen molar-refractivity contribution in [2.45, 2.75) is 57.0 Å². The summed E-state index contributed by atoms with van der Waals surface area (Å²) in [4.78, 5) is 38.1. The smallest absolute Gasteiger partial charge is 0.320 e. The first-order chi connectivity index (χ1) is 10.0. The second kappa shape index (κ2) is 6.78. The Labute approximate surface area is 124 Å². The summed E-state index contributed by atoms with van der Waals surface area (Å²) >= 11 is 0. The Hall–Kier alpha value is -1.79. The Morgan fingerprint density at radius 2 is 1.76 bits per heavy atom. The van der Waals surface area contributed by atoms with Gasteiger partial charge < -0.3 is 20.6 Å². The number of carboxylic acids is 1. The first-order valence-electron chi connectivity index (χ1n) is 7.59. The Kier molecular flexibility index (Phi) is 5.03. The minimum absolute atomic E-state index is 0.0449. The lowest BCUT2D eigenvalue weighted by atomic mass is 9.98. The van der Waals surface area contributed by atoms with Crippen LogP contribution in [0, 0.1) is 0 Å². The van der Waals surface area contributed by atoms with Gasteiger partial charge in [-0.25, -0.2) is 4.79 Å². The van der Waals surface area contributed by atoms with E-state index in [1.807, 2.05) is 0 Å². The molecule has 0 aliphatic carbocycles. The number of carbonyl (C=O) groups excluding carboxylic acids is 2. The van der Waals surface area contributed by atoms with Crippen LogP contribution in [0.25, 0.3) is 0 Å². The molecule has 2 aliphatic heterocycles. The van der Waals surface area contributed by atoms with Crippen LogP contribution >= 0.6 is 0 Å². The first-order valence-corrected chi connectivity index (χ1v) is 7.59. The van der Waals surface area contributed by atoms with E-state index in [4.69, 9.17) is 10.8 Å². The SMILES string of the molecule is NC(=O)C1CCCN1C(=O)N1CCCCC1CCC(=O)O. The molecule has 2 unspecified atom stereocenters. The van der Waals surface area contributed by atoms with Crippen LogP contribution in [-0.2, 0) is 9.59 Å². The van der Waals surface area contributed by atoms with E-state index in [1.54, 1.807) is 9.80 Å². The van der Waals surface area contributed by atoms with Crippen molar-refractivity contribution < 1.29 is 19.5 Å². The number of piperidine rings is 1. The number of carbonyl (C=O) groups is 3. The van der Waals surface area contributed by atoms with Crippen LogP contribution in [0.1, 0.15) is 44.9 Å². The number of rotatable bonds is 4. The molecule has 0 spiro atoms. The summed E-state index contributed by atoms with van der Waals surface area (Å²) in [5, 5.41) is 8.82. The largest absolute Gasteiger partial charge is 0.481 e. The normalized spacial score (nSPS) is 25.9. The number of hydrogen-bond donors (Lipinski definition) is 2. The zero-order chi connectivity index (χ0) is 15.4. The topological polar surface area (TPSA) is 104 Å². The summed E-state index contributed by atoms with van der Waals surface area (Å²) in [6.07, 6.45) is 4.69. The van der Waals surface area contributed by atoms with E-state index in [1.165, 1.54) is 0 Å². The number of likely N-dealkylation sites (tertiary alicyclic amines) is 2. The van der Waals surface area contributed by atoms with Crippen molar-refractivity contribution in [3.8, 4) is 0 Å². The van der Waals surface area contributed by atoms with Crippen LogP contribution in [0.4, 0.5) is 4.79 Å². The minimum atomic E-state index is -0.843. The molecule has 21 heavy (non-hydrogen) atoms. The Balaban J connectivity index is 2.04. The molecule has 0 aromatic heterocycles. The van der Waals surface area contributed by atoms with Crippen LogP contribution in [0.15, 0.2) is 0 Å². The van der Waals surface area contributed by atoms with Crippen LogP contribution in [0.5, 0.6) is 0 Å². The number of primary amides is 1. The second-order valence-electron chi connectivity index (χ2n) is 5.81. The van der Waals surface area contributed by atoms with Gasteiger partial charge in [-0.15, -0.1) is 0 Å². The van der Waals surface area contributed by atoms with E-state index in [9.17, 15) is 14.4 Å². The van der Waals surface area contributed by atoms with Gasteiger partial charge in [-0.3, -0.25) is 9.59 Å². The monoisotopic (exact) mass is 297 g/mol. The molecule has 2 rings (SSSR count). The van der Waals surface area contributed by atoms with Crippen molar-refractivity contribution in [1.29, 1.82) is 0 Å². The van der Waals surface area contributed by atoms with Crippen molar-refractivity contribution in [3.05, 3.63) is 0 Å². The zero-order valence-corrected chi connectivity index (χ0v) is 12.2. The molecule has 0 radical (unpaired) electrons. The number of aliphatic carboxylic acids is 1. The summed E-state index contributed by atoms with van der Waals surface area (Å²) < 4.78 is 0. The fourth-order valence-electron chi connectivity index (χ4n) is 3.30. The summed E-state index contributed by atoms with van der Waals surface area (Å²) in [5.41, 5.74) is 5.36. The molecule has 2 fully saturated rings. The molecule has 2 atom stereocenters. The lowest BCUT2D eigenvalue weighted by Gasteiger charge is -2.39. The van der Waals surface area contributed by atoms with Crippen molar-refractivity contribution in [3.63, 3.8) is 0 Å². The molecule has 2 saturated heterocycles. The van der Waals surface area contributed by atoms with E-state index < -0.39 is 17.9 Å². The Bertz CT molecular complexity index is 426. The number of nitrogens with zero attached hydrogens (tertiary/aromatic N) is 2. The lowest BCUT2D eigenvalue weighted by molar-refractivity contribution is -0.137. The lowest BCUT2D eigenvalue weighted by Crippen LogP contribution is -2.54. The number of nitrogens with two attached hydrogens (primary N) is 1. The van der Waals surface area contributed by atoms with Crippen molar-refractivity contribution in [1.82, 2.24) is 9.80 Å². The molecule has 0 aromatic rings. The highest BCUT2D eigenvalue weighted by atomic mass is 16.4. The quantitative estimate of drug-likeness (QED) is 0.800. The third-order valence-electron chi connectivity index (χ3n) is 4.39. The number of carboxylic acid groups (broad SMARTS) is 1. The average Bonchev–Trinajstić information content (AvgIpc) is 2.94. The van der Waals surface area contributed by atoms with Gasteiger partial charge in [0.15, 0.2) is 0 Å². The van der Waals surface area contributed by atoms with E-state index in [0.717, 1.165) is 25.7 Å². The maximum atomic E-state index is 12.7. The summed E-state index contributed by atoms with van der Waals surface area (Å²) in [7, 11) is 0. The minimum Gasteiger partial charge on any atom is -0.481 e. The van der Waals surface area contributed by atoms with Gasteiger partial charge in [0.2, 0.25) is 5.91 Å². The fraction of sp³-hybridized carbons (Fsp3) is 0.786. The molecule has 0 saturated carbocycles. The Morgan fingerprint density at radius 1 is 1.05 bits per heavy atom. The zero-order valence-electron chi connectivity index (χ0n) is 12.2. The van der Waals surface area contributed by atoms with E-state index in [0.29, 0.717) is 25.9 Å². The average molecular weight is 297 g/mol. The van der Waals surface area contributed by atoms with Crippen molar-refractivity contribution >= 4 is 17.9 Å². The molecule has 118 valence electrons. The van der Waals surface area contributed by atoms with Gasteiger partial charge in [-0.05, 0) is 38.5 Å².